The molecule has 0 aliphatic carbocycles. The van der Waals surface area contributed by atoms with Crippen molar-refractivity contribution >= 4 is 5.97 Å². The van der Waals surface area contributed by atoms with Gasteiger partial charge in [-0.15, -0.1) is 0 Å². The summed E-state index contributed by atoms with van der Waals surface area (Å²) in [6, 6.07) is 0. The van der Waals surface area contributed by atoms with Crippen molar-refractivity contribution in [2.75, 3.05) is 66.4 Å². The number of carbonyl (C=O) groups is 1. The van der Waals surface area contributed by atoms with Crippen molar-refractivity contribution in [1.29, 1.82) is 0 Å². The van der Waals surface area contributed by atoms with Crippen molar-refractivity contribution in [2.24, 2.45) is 5.92 Å². The van der Waals surface area contributed by atoms with E-state index in [1.807, 2.05) is 6.92 Å². The van der Waals surface area contributed by atoms with Gasteiger partial charge in [-0.1, -0.05) is 0 Å². The van der Waals surface area contributed by atoms with Crippen LogP contribution in [0, 0.1) is 5.92 Å². The number of nitrogens with zero attached hydrogens (tertiary/aromatic N) is 1. The van der Waals surface area contributed by atoms with E-state index < -0.39 is 0 Å². The zero-order chi connectivity index (χ0) is 15.3. The highest BCUT2D eigenvalue weighted by Crippen LogP contribution is 2.17. The summed E-state index contributed by atoms with van der Waals surface area (Å²) >= 11 is 0. The molecule has 1 fully saturated rings. The molecule has 1 rings (SSSR count). The van der Waals surface area contributed by atoms with E-state index in [4.69, 9.17) is 18.9 Å². The van der Waals surface area contributed by atoms with Gasteiger partial charge in [-0.2, -0.15) is 0 Å². The number of carbonyl (C=O) groups excluding carboxylic acids is 1. The summed E-state index contributed by atoms with van der Waals surface area (Å²) in [5.41, 5.74) is 0. The minimum atomic E-state index is -0.0605. The molecule has 0 aromatic heterocycles. The van der Waals surface area contributed by atoms with Crippen LogP contribution in [0.5, 0.6) is 0 Å². The summed E-state index contributed by atoms with van der Waals surface area (Å²) in [6.45, 7) is 8.06. The highest BCUT2D eigenvalue weighted by molar-refractivity contribution is 5.72. The van der Waals surface area contributed by atoms with Crippen molar-refractivity contribution in [3.63, 3.8) is 0 Å². The molecule has 0 saturated carbocycles. The van der Waals surface area contributed by atoms with Crippen LogP contribution < -0.4 is 0 Å². The van der Waals surface area contributed by atoms with Crippen molar-refractivity contribution in [2.45, 2.75) is 19.8 Å². The third-order valence-electron chi connectivity index (χ3n) is 3.48. The number of ether oxygens (including phenoxy) is 4. The lowest BCUT2D eigenvalue weighted by Gasteiger charge is -2.31. The van der Waals surface area contributed by atoms with Gasteiger partial charge in [-0.05, 0) is 26.3 Å². The second-order valence-corrected chi connectivity index (χ2v) is 5.11. The fraction of sp³-hybridized carbons (Fsp3) is 0.933. The summed E-state index contributed by atoms with van der Waals surface area (Å²) in [4.78, 5) is 14.0. The van der Waals surface area contributed by atoms with Crippen LogP contribution in [0.15, 0.2) is 0 Å². The number of rotatable bonds is 11. The summed E-state index contributed by atoms with van der Waals surface area (Å²) in [6.07, 6.45) is 1.98. The quantitative estimate of drug-likeness (QED) is 0.418. The lowest BCUT2D eigenvalue weighted by molar-refractivity contribution is -0.150. The molecule has 0 amide bonds. The Morgan fingerprint density at radius 1 is 1.14 bits per heavy atom. The summed E-state index contributed by atoms with van der Waals surface area (Å²) in [5, 5.41) is 0. The number of methoxy groups -OCH3 is 1. The van der Waals surface area contributed by atoms with E-state index in [9.17, 15) is 4.79 Å². The molecule has 0 N–H and O–H groups in total. The predicted molar refractivity (Wildman–Crippen MR) is 79.3 cm³/mol. The lowest BCUT2D eigenvalue weighted by atomic mass is 9.98. The first-order chi connectivity index (χ1) is 10.3. The van der Waals surface area contributed by atoms with Crippen molar-refractivity contribution in [3.8, 4) is 0 Å². The first-order valence-electron chi connectivity index (χ1n) is 7.81. The van der Waals surface area contributed by atoms with Crippen LogP contribution in [0.2, 0.25) is 0 Å². The number of esters is 1. The molecule has 6 heteroatoms. The average Bonchev–Trinajstić information content (AvgIpc) is 2.50. The van der Waals surface area contributed by atoms with Gasteiger partial charge in [0, 0.05) is 20.2 Å². The van der Waals surface area contributed by atoms with E-state index >= 15 is 0 Å². The molecular weight excluding hydrogens is 274 g/mol. The Morgan fingerprint density at radius 3 is 2.57 bits per heavy atom. The van der Waals surface area contributed by atoms with Gasteiger partial charge >= 0.3 is 5.97 Å². The highest BCUT2D eigenvalue weighted by atomic mass is 16.5. The molecule has 0 unspecified atom stereocenters. The van der Waals surface area contributed by atoms with Gasteiger partial charge in [0.25, 0.3) is 0 Å². The first-order valence-corrected chi connectivity index (χ1v) is 7.81. The van der Waals surface area contributed by atoms with E-state index in [-0.39, 0.29) is 11.9 Å². The molecule has 6 nitrogen and oxygen atoms in total. The topological polar surface area (TPSA) is 57.2 Å². The van der Waals surface area contributed by atoms with Gasteiger partial charge in [0.1, 0.15) is 0 Å². The van der Waals surface area contributed by atoms with Gasteiger partial charge in [0.05, 0.1) is 45.6 Å². The molecule has 0 spiro atoms. The molecule has 1 atom stereocenters. The maximum Gasteiger partial charge on any atom is 0.310 e. The molecule has 0 aromatic rings. The number of piperidine rings is 1. The molecule has 1 aliphatic rings. The zero-order valence-corrected chi connectivity index (χ0v) is 13.3. The Kier molecular flexibility index (Phi) is 10.4. The molecule has 124 valence electrons. The minimum absolute atomic E-state index is 0.0241. The number of hydrogen-bond acceptors (Lipinski definition) is 6. The number of hydrogen-bond donors (Lipinski definition) is 0. The minimum Gasteiger partial charge on any atom is -0.466 e. The molecule has 1 aliphatic heterocycles. The Bertz CT molecular complexity index is 275. The van der Waals surface area contributed by atoms with Gasteiger partial charge in [-0.3, -0.25) is 4.79 Å². The standard InChI is InChI=1S/C15H29NO5/c1-3-21-15(17)14-5-4-6-16(13-14)7-8-19-11-12-20-10-9-18-2/h14H,3-13H2,1-2H3/t14-/m0/s1. The summed E-state index contributed by atoms with van der Waals surface area (Å²) in [7, 11) is 1.65. The molecule has 0 aromatic carbocycles. The maximum atomic E-state index is 11.7. The van der Waals surface area contributed by atoms with Crippen LogP contribution in [-0.4, -0.2) is 77.3 Å². The third kappa shape index (κ3) is 8.36. The first kappa shape index (κ1) is 18.4. The van der Waals surface area contributed by atoms with E-state index in [0.29, 0.717) is 39.6 Å². The highest BCUT2D eigenvalue weighted by Gasteiger charge is 2.26. The van der Waals surface area contributed by atoms with Crippen LogP contribution in [-0.2, 0) is 23.7 Å². The Hall–Kier alpha value is -0.690. The van der Waals surface area contributed by atoms with E-state index in [1.54, 1.807) is 7.11 Å². The molecule has 0 bridgehead atoms. The van der Waals surface area contributed by atoms with Gasteiger partial charge < -0.3 is 23.8 Å². The largest absolute Gasteiger partial charge is 0.466 e. The molecule has 21 heavy (non-hydrogen) atoms. The Morgan fingerprint density at radius 2 is 1.86 bits per heavy atom. The van der Waals surface area contributed by atoms with Gasteiger partial charge in [-0.25, -0.2) is 0 Å². The SMILES string of the molecule is CCOC(=O)[C@H]1CCCN(CCOCCOCCOC)C1. The van der Waals surface area contributed by atoms with Gasteiger partial charge in [0.2, 0.25) is 0 Å². The van der Waals surface area contributed by atoms with Crippen LogP contribution in [0.1, 0.15) is 19.8 Å². The average molecular weight is 303 g/mol. The van der Waals surface area contributed by atoms with E-state index in [0.717, 1.165) is 32.5 Å². The zero-order valence-electron chi connectivity index (χ0n) is 13.3. The van der Waals surface area contributed by atoms with Crippen molar-refractivity contribution in [3.05, 3.63) is 0 Å². The Labute approximate surface area is 127 Å². The molecule has 1 saturated heterocycles. The monoisotopic (exact) mass is 303 g/mol. The van der Waals surface area contributed by atoms with E-state index in [2.05, 4.69) is 4.90 Å². The van der Waals surface area contributed by atoms with Crippen LogP contribution in [0.25, 0.3) is 0 Å². The van der Waals surface area contributed by atoms with E-state index in [1.165, 1.54) is 0 Å². The second kappa shape index (κ2) is 11.9. The fourth-order valence-corrected chi connectivity index (χ4v) is 2.37. The smallest absolute Gasteiger partial charge is 0.310 e. The Balaban J connectivity index is 2.03. The van der Waals surface area contributed by atoms with Crippen LogP contribution in [0.4, 0.5) is 0 Å². The second-order valence-electron chi connectivity index (χ2n) is 5.11. The lowest BCUT2D eigenvalue weighted by Crippen LogP contribution is -2.41. The fourth-order valence-electron chi connectivity index (χ4n) is 2.37. The van der Waals surface area contributed by atoms with Crippen molar-refractivity contribution < 1.29 is 23.7 Å². The van der Waals surface area contributed by atoms with Crippen LogP contribution >= 0.6 is 0 Å². The third-order valence-corrected chi connectivity index (χ3v) is 3.48. The number of likely N-dealkylation sites (tertiary alicyclic amines) is 1. The summed E-state index contributed by atoms with van der Waals surface area (Å²) in [5.74, 6) is -0.0364. The molecular formula is C15H29NO5. The maximum absolute atomic E-state index is 11.7. The van der Waals surface area contributed by atoms with Crippen molar-refractivity contribution in [1.82, 2.24) is 4.90 Å². The molecule has 1 heterocycles. The normalized spacial score (nSPS) is 19.6. The predicted octanol–water partition coefficient (Wildman–Crippen LogP) is 0.941. The molecule has 0 radical (unpaired) electrons. The summed E-state index contributed by atoms with van der Waals surface area (Å²) < 4.78 is 20.8. The van der Waals surface area contributed by atoms with Crippen LogP contribution in [0.3, 0.4) is 0 Å². The van der Waals surface area contributed by atoms with Gasteiger partial charge in [0.15, 0.2) is 0 Å².